The fourth-order valence-corrected chi connectivity index (χ4v) is 3.01. The zero-order valence-corrected chi connectivity index (χ0v) is 15.4. The van der Waals surface area contributed by atoms with Gasteiger partial charge in [0, 0.05) is 25.8 Å². The van der Waals surface area contributed by atoms with Gasteiger partial charge in [-0.25, -0.2) is 0 Å². The molecule has 0 radical (unpaired) electrons. The van der Waals surface area contributed by atoms with Gasteiger partial charge in [-0.2, -0.15) is 0 Å². The maximum Gasteiger partial charge on any atom is 0.255 e. The van der Waals surface area contributed by atoms with Crippen LogP contribution in [0, 0.1) is 0 Å². The lowest BCUT2D eigenvalue weighted by atomic mass is 10.1. The lowest BCUT2D eigenvalue weighted by Crippen LogP contribution is -2.32. The predicted molar refractivity (Wildman–Crippen MR) is 103 cm³/mol. The standard InChI is InChI=1S/C21H24N2O4/c1-26-14-15-8-10-16(11-9-15)20(24)23-19-7-3-2-6-18(19)21(25)22-13-17-5-4-12-27-17/h2-3,6-11,17H,4-5,12-14H2,1H3,(H,22,25)(H,23,24)/t17-/m1/s1. The Morgan fingerprint density at radius 1 is 1.11 bits per heavy atom. The molecule has 1 saturated heterocycles. The van der Waals surface area contributed by atoms with Crippen LogP contribution in [-0.4, -0.2) is 38.2 Å². The van der Waals surface area contributed by atoms with Crippen molar-refractivity contribution in [2.45, 2.75) is 25.6 Å². The van der Waals surface area contributed by atoms with Crippen LogP contribution in [0.2, 0.25) is 0 Å². The third-order valence-corrected chi connectivity index (χ3v) is 4.46. The first kappa shape index (κ1) is 19.1. The Kier molecular flexibility index (Phi) is 6.57. The van der Waals surface area contributed by atoms with Gasteiger partial charge in [-0.15, -0.1) is 0 Å². The van der Waals surface area contributed by atoms with Crippen molar-refractivity contribution in [3.05, 3.63) is 65.2 Å². The number of carbonyl (C=O) groups excluding carboxylic acids is 2. The largest absolute Gasteiger partial charge is 0.380 e. The Bertz CT molecular complexity index is 783. The highest BCUT2D eigenvalue weighted by Gasteiger charge is 2.18. The molecule has 1 fully saturated rings. The minimum absolute atomic E-state index is 0.0707. The molecule has 2 aromatic rings. The van der Waals surface area contributed by atoms with Crippen molar-refractivity contribution in [3.8, 4) is 0 Å². The first-order valence-corrected chi connectivity index (χ1v) is 9.05. The summed E-state index contributed by atoms with van der Waals surface area (Å²) in [5.74, 6) is -0.491. The van der Waals surface area contributed by atoms with Crippen molar-refractivity contribution >= 4 is 17.5 Å². The summed E-state index contributed by atoms with van der Waals surface area (Å²) < 4.78 is 10.6. The molecule has 1 heterocycles. The molecule has 2 aromatic carbocycles. The van der Waals surface area contributed by atoms with Gasteiger partial charge in [0.15, 0.2) is 0 Å². The smallest absolute Gasteiger partial charge is 0.255 e. The summed E-state index contributed by atoms with van der Waals surface area (Å²) in [7, 11) is 1.63. The number of anilines is 1. The first-order chi connectivity index (χ1) is 13.2. The summed E-state index contributed by atoms with van der Waals surface area (Å²) >= 11 is 0. The van der Waals surface area contributed by atoms with Gasteiger partial charge in [-0.1, -0.05) is 24.3 Å². The molecule has 1 aliphatic rings. The van der Waals surface area contributed by atoms with Crippen molar-refractivity contribution in [1.82, 2.24) is 5.32 Å². The van der Waals surface area contributed by atoms with Gasteiger partial charge in [0.25, 0.3) is 11.8 Å². The number of amides is 2. The fourth-order valence-electron chi connectivity index (χ4n) is 3.01. The normalized spacial score (nSPS) is 16.1. The zero-order chi connectivity index (χ0) is 19.1. The van der Waals surface area contributed by atoms with Gasteiger partial charge in [0.1, 0.15) is 0 Å². The SMILES string of the molecule is COCc1ccc(C(=O)Nc2ccccc2C(=O)NC[C@H]2CCCO2)cc1. The van der Waals surface area contributed by atoms with E-state index in [1.165, 1.54) is 0 Å². The number of methoxy groups -OCH3 is 1. The van der Waals surface area contributed by atoms with Gasteiger partial charge in [0.05, 0.1) is 24.0 Å². The monoisotopic (exact) mass is 368 g/mol. The van der Waals surface area contributed by atoms with E-state index in [2.05, 4.69) is 10.6 Å². The molecule has 0 spiro atoms. The number of hydrogen-bond acceptors (Lipinski definition) is 4. The highest BCUT2D eigenvalue weighted by Crippen LogP contribution is 2.17. The van der Waals surface area contributed by atoms with Crippen molar-refractivity contribution in [2.75, 3.05) is 25.6 Å². The van der Waals surface area contributed by atoms with Gasteiger partial charge >= 0.3 is 0 Å². The van der Waals surface area contributed by atoms with E-state index in [-0.39, 0.29) is 17.9 Å². The van der Waals surface area contributed by atoms with Gasteiger partial charge in [-0.3, -0.25) is 9.59 Å². The predicted octanol–water partition coefficient (Wildman–Crippen LogP) is 2.99. The fraction of sp³-hybridized carbons (Fsp3) is 0.333. The van der Waals surface area contributed by atoms with E-state index in [0.29, 0.717) is 30.0 Å². The molecular weight excluding hydrogens is 344 g/mol. The van der Waals surface area contributed by atoms with E-state index < -0.39 is 0 Å². The van der Waals surface area contributed by atoms with E-state index in [0.717, 1.165) is 25.0 Å². The molecule has 2 amide bonds. The van der Waals surface area contributed by atoms with Crippen LogP contribution in [0.5, 0.6) is 0 Å². The zero-order valence-electron chi connectivity index (χ0n) is 15.4. The molecule has 0 unspecified atom stereocenters. The Hall–Kier alpha value is -2.70. The second kappa shape index (κ2) is 9.30. The van der Waals surface area contributed by atoms with E-state index in [9.17, 15) is 9.59 Å². The van der Waals surface area contributed by atoms with Crippen LogP contribution in [0.15, 0.2) is 48.5 Å². The van der Waals surface area contributed by atoms with Gasteiger partial charge < -0.3 is 20.1 Å². The summed E-state index contributed by atoms with van der Waals surface area (Å²) in [6.45, 7) is 1.72. The Balaban J connectivity index is 1.65. The van der Waals surface area contributed by atoms with E-state index in [1.807, 2.05) is 12.1 Å². The minimum Gasteiger partial charge on any atom is -0.380 e. The van der Waals surface area contributed by atoms with E-state index >= 15 is 0 Å². The highest BCUT2D eigenvalue weighted by molar-refractivity contribution is 6.09. The quantitative estimate of drug-likeness (QED) is 0.788. The number of benzene rings is 2. The summed E-state index contributed by atoms with van der Waals surface area (Å²) in [6, 6.07) is 14.1. The second-order valence-electron chi connectivity index (χ2n) is 6.47. The summed E-state index contributed by atoms with van der Waals surface area (Å²) in [5.41, 5.74) is 2.42. The minimum atomic E-state index is -0.265. The summed E-state index contributed by atoms with van der Waals surface area (Å²) in [4.78, 5) is 25.1. The molecule has 2 N–H and O–H groups in total. The molecule has 1 aliphatic heterocycles. The molecule has 27 heavy (non-hydrogen) atoms. The van der Waals surface area contributed by atoms with Crippen LogP contribution < -0.4 is 10.6 Å². The Morgan fingerprint density at radius 2 is 1.89 bits per heavy atom. The molecule has 0 aromatic heterocycles. The van der Waals surface area contributed by atoms with Gasteiger partial charge in [-0.05, 0) is 42.7 Å². The third-order valence-electron chi connectivity index (χ3n) is 4.46. The number of hydrogen-bond donors (Lipinski definition) is 2. The molecule has 0 aliphatic carbocycles. The van der Waals surface area contributed by atoms with Crippen LogP contribution in [-0.2, 0) is 16.1 Å². The maximum absolute atomic E-state index is 12.5. The molecule has 3 rings (SSSR count). The van der Waals surface area contributed by atoms with Crippen LogP contribution >= 0.6 is 0 Å². The average Bonchev–Trinajstić information content (AvgIpc) is 3.21. The molecule has 6 heteroatoms. The van der Waals surface area contributed by atoms with Crippen molar-refractivity contribution in [2.24, 2.45) is 0 Å². The lowest BCUT2D eigenvalue weighted by molar-refractivity contribution is 0.0858. The van der Waals surface area contributed by atoms with Crippen molar-refractivity contribution < 1.29 is 19.1 Å². The summed E-state index contributed by atoms with van der Waals surface area (Å²) in [6.07, 6.45) is 2.05. The van der Waals surface area contributed by atoms with E-state index in [4.69, 9.17) is 9.47 Å². The van der Waals surface area contributed by atoms with Crippen molar-refractivity contribution in [1.29, 1.82) is 0 Å². The molecule has 1 atom stereocenters. The average molecular weight is 368 g/mol. The number of nitrogens with one attached hydrogen (secondary N) is 2. The Labute approximate surface area is 158 Å². The number of rotatable bonds is 7. The maximum atomic E-state index is 12.5. The highest BCUT2D eigenvalue weighted by atomic mass is 16.5. The first-order valence-electron chi connectivity index (χ1n) is 9.05. The molecular formula is C21H24N2O4. The Morgan fingerprint density at radius 3 is 2.59 bits per heavy atom. The van der Waals surface area contributed by atoms with Crippen molar-refractivity contribution in [3.63, 3.8) is 0 Å². The van der Waals surface area contributed by atoms with E-state index in [1.54, 1.807) is 43.5 Å². The van der Waals surface area contributed by atoms with Gasteiger partial charge in [0.2, 0.25) is 0 Å². The van der Waals surface area contributed by atoms with Crippen LogP contribution in [0.3, 0.4) is 0 Å². The topological polar surface area (TPSA) is 76.7 Å². The van der Waals surface area contributed by atoms with Crippen LogP contribution in [0.25, 0.3) is 0 Å². The number of carbonyl (C=O) groups is 2. The molecule has 6 nitrogen and oxygen atoms in total. The summed E-state index contributed by atoms with van der Waals surface area (Å²) in [5, 5.41) is 5.71. The molecule has 0 bridgehead atoms. The van der Waals surface area contributed by atoms with Crippen LogP contribution in [0.1, 0.15) is 39.1 Å². The molecule has 142 valence electrons. The van der Waals surface area contributed by atoms with Crippen LogP contribution in [0.4, 0.5) is 5.69 Å². The third kappa shape index (κ3) is 5.15. The number of ether oxygens (including phenoxy) is 2. The molecule has 0 saturated carbocycles. The number of para-hydroxylation sites is 1. The lowest BCUT2D eigenvalue weighted by Gasteiger charge is -2.14. The second-order valence-corrected chi connectivity index (χ2v) is 6.47.